The normalized spacial score (nSPS) is 10.2. The molecule has 0 radical (unpaired) electrons. The average molecular weight is 307 g/mol. The van der Waals surface area contributed by atoms with E-state index in [1.54, 1.807) is 0 Å². The fourth-order valence-electron chi connectivity index (χ4n) is 1.09. The first kappa shape index (κ1) is 13.6. The Morgan fingerprint density at radius 2 is 2.47 bits per heavy atom. The van der Waals surface area contributed by atoms with Crippen LogP contribution in [-0.2, 0) is 16.1 Å². The van der Waals surface area contributed by atoms with Gasteiger partial charge in [0.2, 0.25) is 5.91 Å². The molecule has 17 heavy (non-hydrogen) atoms. The summed E-state index contributed by atoms with van der Waals surface area (Å²) in [6.07, 6.45) is 1.38. The van der Waals surface area contributed by atoms with Gasteiger partial charge in [-0.25, -0.2) is 0 Å². The minimum absolute atomic E-state index is 0.0733. The minimum Gasteiger partial charge on any atom is -0.383 e. The summed E-state index contributed by atoms with van der Waals surface area (Å²) in [7, 11) is 1.53. The summed E-state index contributed by atoms with van der Waals surface area (Å²) in [5.41, 5.74) is 0. The third-order valence-corrected chi connectivity index (χ3v) is 2.37. The van der Waals surface area contributed by atoms with Gasteiger partial charge in [0.25, 0.3) is 0 Å². The summed E-state index contributed by atoms with van der Waals surface area (Å²) in [6.45, 7) is 0.727. The van der Waals surface area contributed by atoms with Crippen LogP contribution < -0.4 is 5.32 Å². The number of hydrogen-bond donors (Lipinski definition) is 1. The second-order valence-electron chi connectivity index (χ2n) is 3.10. The van der Waals surface area contributed by atoms with E-state index in [-0.39, 0.29) is 22.7 Å². The van der Waals surface area contributed by atoms with E-state index >= 15 is 0 Å². The van der Waals surface area contributed by atoms with Crippen molar-refractivity contribution in [2.45, 2.75) is 6.54 Å². The zero-order valence-electron chi connectivity index (χ0n) is 9.05. The lowest BCUT2D eigenvalue weighted by Crippen LogP contribution is -2.30. The lowest BCUT2D eigenvalue weighted by atomic mass is 10.5. The van der Waals surface area contributed by atoms with Gasteiger partial charge in [-0.3, -0.25) is 4.79 Å². The van der Waals surface area contributed by atoms with Gasteiger partial charge in [-0.1, -0.05) is 0 Å². The second-order valence-corrected chi connectivity index (χ2v) is 3.95. The van der Waals surface area contributed by atoms with Crippen molar-refractivity contribution in [3.05, 3.63) is 20.8 Å². The molecule has 0 saturated heterocycles. The molecule has 1 rings (SSSR count). The average Bonchev–Trinajstić information content (AvgIpc) is 2.60. The molecular weight excluding hydrogens is 296 g/mol. The third-order valence-electron chi connectivity index (χ3n) is 1.81. The highest BCUT2D eigenvalue weighted by Crippen LogP contribution is 2.21. The Kier molecular flexibility index (Phi) is 5.04. The van der Waals surface area contributed by atoms with E-state index in [1.807, 2.05) is 0 Å². The molecule has 0 aromatic carbocycles. The van der Waals surface area contributed by atoms with E-state index in [0.29, 0.717) is 13.2 Å². The van der Waals surface area contributed by atoms with Gasteiger partial charge in [0.15, 0.2) is 0 Å². The summed E-state index contributed by atoms with van der Waals surface area (Å²) in [5, 5.41) is 16.8. The predicted octanol–water partition coefficient (Wildman–Crippen LogP) is 0.316. The predicted molar refractivity (Wildman–Crippen MR) is 61.5 cm³/mol. The first-order valence-electron chi connectivity index (χ1n) is 4.67. The number of rotatable bonds is 6. The van der Waals surface area contributed by atoms with Crippen molar-refractivity contribution in [1.29, 1.82) is 0 Å². The molecule has 8 nitrogen and oxygen atoms in total. The van der Waals surface area contributed by atoms with Crippen LogP contribution in [0, 0.1) is 10.1 Å². The summed E-state index contributed by atoms with van der Waals surface area (Å²) in [6, 6.07) is 0. The van der Waals surface area contributed by atoms with Gasteiger partial charge < -0.3 is 20.2 Å². The van der Waals surface area contributed by atoms with Crippen LogP contribution in [0.2, 0.25) is 0 Å². The van der Waals surface area contributed by atoms with Gasteiger partial charge in [-0.15, -0.1) is 0 Å². The molecule has 0 atom stereocenters. The standard InChI is InChI=1S/C8H11BrN4O4/c1-17-3-2-10-7(14)5-12-4-6(9)8(11-12)13(15)16/h4H,2-3,5H2,1H3,(H,10,14). The lowest BCUT2D eigenvalue weighted by molar-refractivity contribution is -0.390. The van der Waals surface area contributed by atoms with Crippen molar-refractivity contribution in [3.63, 3.8) is 0 Å². The molecule has 1 aromatic heterocycles. The summed E-state index contributed by atoms with van der Waals surface area (Å²) < 4.78 is 6.20. The van der Waals surface area contributed by atoms with Crippen LogP contribution in [0.15, 0.2) is 10.7 Å². The molecule has 0 unspecified atom stereocenters. The zero-order valence-corrected chi connectivity index (χ0v) is 10.6. The number of aromatic nitrogens is 2. The van der Waals surface area contributed by atoms with Crippen molar-refractivity contribution in [2.75, 3.05) is 20.3 Å². The van der Waals surface area contributed by atoms with E-state index in [2.05, 4.69) is 26.3 Å². The molecule has 0 bridgehead atoms. The maximum Gasteiger partial charge on any atom is 0.404 e. The number of hydrogen-bond acceptors (Lipinski definition) is 5. The van der Waals surface area contributed by atoms with Crippen LogP contribution in [-0.4, -0.2) is 40.9 Å². The van der Waals surface area contributed by atoms with Gasteiger partial charge in [-0.05, 0) is 20.9 Å². The first-order chi connectivity index (χ1) is 8.04. The van der Waals surface area contributed by atoms with E-state index in [0.717, 1.165) is 0 Å². The molecule has 1 amide bonds. The SMILES string of the molecule is COCCNC(=O)Cn1cc(Br)c([N+](=O)[O-])n1. The Labute approximate surface area is 105 Å². The molecule has 1 N–H and O–H groups in total. The Morgan fingerprint density at radius 3 is 3.00 bits per heavy atom. The molecule has 0 aliphatic rings. The summed E-state index contributed by atoms with van der Waals surface area (Å²) in [4.78, 5) is 21.3. The Morgan fingerprint density at radius 1 is 1.76 bits per heavy atom. The highest BCUT2D eigenvalue weighted by molar-refractivity contribution is 9.10. The van der Waals surface area contributed by atoms with Gasteiger partial charge in [-0.2, -0.15) is 4.68 Å². The smallest absolute Gasteiger partial charge is 0.383 e. The van der Waals surface area contributed by atoms with Gasteiger partial charge in [0, 0.05) is 13.7 Å². The van der Waals surface area contributed by atoms with Crippen molar-refractivity contribution in [2.24, 2.45) is 0 Å². The number of ether oxygens (including phenoxy) is 1. The molecule has 0 aliphatic carbocycles. The van der Waals surface area contributed by atoms with Crippen LogP contribution in [0.3, 0.4) is 0 Å². The quantitative estimate of drug-likeness (QED) is 0.463. The molecule has 0 saturated carbocycles. The number of nitrogens with one attached hydrogen (secondary N) is 1. The van der Waals surface area contributed by atoms with Crippen LogP contribution in [0.25, 0.3) is 0 Å². The highest BCUT2D eigenvalue weighted by Gasteiger charge is 2.19. The number of carbonyl (C=O) groups is 1. The summed E-state index contributed by atoms with van der Waals surface area (Å²) in [5.74, 6) is -0.596. The van der Waals surface area contributed by atoms with E-state index < -0.39 is 4.92 Å². The van der Waals surface area contributed by atoms with Crippen LogP contribution in [0.4, 0.5) is 5.82 Å². The highest BCUT2D eigenvalue weighted by atomic mass is 79.9. The van der Waals surface area contributed by atoms with Crippen molar-refractivity contribution >= 4 is 27.7 Å². The monoisotopic (exact) mass is 306 g/mol. The number of carbonyl (C=O) groups excluding carboxylic acids is 1. The molecule has 0 aliphatic heterocycles. The number of methoxy groups -OCH3 is 1. The number of halogens is 1. The van der Waals surface area contributed by atoms with Crippen LogP contribution in [0.5, 0.6) is 0 Å². The van der Waals surface area contributed by atoms with E-state index in [1.165, 1.54) is 18.0 Å². The van der Waals surface area contributed by atoms with Gasteiger partial charge >= 0.3 is 5.82 Å². The molecule has 0 spiro atoms. The van der Waals surface area contributed by atoms with Crippen LogP contribution >= 0.6 is 15.9 Å². The fourth-order valence-corrected chi connectivity index (χ4v) is 1.55. The molecule has 94 valence electrons. The van der Waals surface area contributed by atoms with Crippen molar-refractivity contribution < 1.29 is 14.5 Å². The number of nitro groups is 1. The van der Waals surface area contributed by atoms with Crippen molar-refractivity contribution in [3.8, 4) is 0 Å². The van der Waals surface area contributed by atoms with Crippen LogP contribution in [0.1, 0.15) is 0 Å². The number of amides is 1. The first-order valence-corrected chi connectivity index (χ1v) is 5.47. The maximum absolute atomic E-state index is 11.4. The molecular formula is C8H11BrN4O4. The van der Waals surface area contributed by atoms with Crippen molar-refractivity contribution in [1.82, 2.24) is 15.1 Å². The Bertz CT molecular complexity index is 420. The minimum atomic E-state index is -0.622. The molecule has 1 heterocycles. The maximum atomic E-state index is 11.4. The molecule has 0 fully saturated rings. The van der Waals surface area contributed by atoms with Gasteiger partial charge in [0.1, 0.15) is 11.0 Å². The Balaban J connectivity index is 2.54. The Hall–Kier alpha value is -1.48. The lowest BCUT2D eigenvalue weighted by Gasteiger charge is -2.02. The molecule has 1 aromatic rings. The van der Waals surface area contributed by atoms with Gasteiger partial charge in [0.05, 0.1) is 17.9 Å². The number of nitrogens with zero attached hydrogens (tertiary/aromatic N) is 3. The topological polar surface area (TPSA) is 99.3 Å². The zero-order chi connectivity index (χ0) is 12.8. The molecule has 9 heteroatoms. The largest absolute Gasteiger partial charge is 0.404 e. The van der Waals surface area contributed by atoms with E-state index in [4.69, 9.17) is 4.74 Å². The second kappa shape index (κ2) is 6.30. The van der Waals surface area contributed by atoms with E-state index in [9.17, 15) is 14.9 Å². The third kappa shape index (κ3) is 4.11. The summed E-state index contributed by atoms with van der Waals surface area (Å²) >= 11 is 2.99. The fraction of sp³-hybridized carbons (Fsp3) is 0.500.